The van der Waals surface area contributed by atoms with Crippen molar-refractivity contribution in [3.8, 4) is 22.3 Å². The summed E-state index contributed by atoms with van der Waals surface area (Å²) in [6.45, 7) is 0.260. The van der Waals surface area contributed by atoms with E-state index in [1.54, 1.807) is 18.2 Å². The van der Waals surface area contributed by atoms with Gasteiger partial charge in [-0.15, -0.1) is 0 Å². The second-order valence-corrected chi connectivity index (χ2v) is 8.81. The molecule has 4 nitrogen and oxygen atoms in total. The van der Waals surface area contributed by atoms with Crippen molar-refractivity contribution in [3.05, 3.63) is 119 Å². The van der Waals surface area contributed by atoms with Gasteiger partial charge < -0.3 is 10.0 Å². The fourth-order valence-electron chi connectivity index (χ4n) is 4.48. The molecular weight excluding hydrogens is 446 g/mol. The second-order valence-electron chi connectivity index (χ2n) is 8.40. The lowest BCUT2D eigenvalue weighted by atomic mass is 9.93. The summed E-state index contributed by atoms with van der Waals surface area (Å²) < 4.78 is 0. The van der Waals surface area contributed by atoms with E-state index in [0.29, 0.717) is 17.0 Å². The van der Waals surface area contributed by atoms with Gasteiger partial charge in [-0.3, -0.25) is 4.79 Å². The van der Waals surface area contributed by atoms with E-state index in [0.717, 1.165) is 33.4 Å². The summed E-state index contributed by atoms with van der Waals surface area (Å²) in [6.07, 6.45) is 0.290. The minimum Gasteiger partial charge on any atom is -0.480 e. The van der Waals surface area contributed by atoms with E-state index < -0.39 is 12.0 Å². The number of fused-ring (bicyclic) bond motifs is 1. The predicted octanol–water partition coefficient (Wildman–Crippen LogP) is 6.33. The molecule has 0 radical (unpaired) electrons. The Kier molecular flexibility index (Phi) is 5.91. The van der Waals surface area contributed by atoms with Gasteiger partial charge >= 0.3 is 5.97 Å². The maximum Gasteiger partial charge on any atom is 0.326 e. The Morgan fingerprint density at radius 1 is 0.765 bits per heavy atom. The number of carbonyl (C=O) groups excluding carboxylic acids is 1. The van der Waals surface area contributed by atoms with Crippen molar-refractivity contribution in [3.63, 3.8) is 0 Å². The Balaban J connectivity index is 1.46. The number of rotatable bonds is 4. The fourth-order valence-corrected chi connectivity index (χ4v) is 4.70. The van der Waals surface area contributed by atoms with Gasteiger partial charge in [-0.2, -0.15) is 0 Å². The monoisotopic (exact) mass is 467 g/mol. The molecule has 0 aromatic heterocycles. The van der Waals surface area contributed by atoms with E-state index in [4.69, 9.17) is 11.6 Å². The Labute approximate surface area is 203 Å². The first-order valence-electron chi connectivity index (χ1n) is 11.1. The molecule has 1 aliphatic rings. The molecule has 168 valence electrons. The van der Waals surface area contributed by atoms with Gasteiger partial charge in [0, 0.05) is 29.1 Å². The number of benzene rings is 4. The van der Waals surface area contributed by atoms with Gasteiger partial charge in [0.25, 0.3) is 5.91 Å². The van der Waals surface area contributed by atoms with Crippen LogP contribution in [-0.2, 0) is 17.8 Å². The summed E-state index contributed by atoms with van der Waals surface area (Å²) in [5.41, 5.74) is 6.18. The van der Waals surface area contributed by atoms with Crippen molar-refractivity contribution in [2.45, 2.75) is 19.0 Å². The third kappa shape index (κ3) is 4.20. The molecule has 0 spiro atoms. The number of aliphatic carboxylic acids is 1. The van der Waals surface area contributed by atoms with Crippen molar-refractivity contribution >= 4 is 23.5 Å². The lowest BCUT2D eigenvalue weighted by Gasteiger charge is -2.34. The molecular formula is C29H22ClNO3. The third-order valence-electron chi connectivity index (χ3n) is 6.31. The third-order valence-corrected chi connectivity index (χ3v) is 6.64. The van der Waals surface area contributed by atoms with Crippen LogP contribution in [0.25, 0.3) is 22.3 Å². The molecule has 1 aliphatic heterocycles. The van der Waals surface area contributed by atoms with Gasteiger partial charge in [-0.05, 0) is 46.0 Å². The van der Waals surface area contributed by atoms with Gasteiger partial charge in [0.05, 0.1) is 0 Å². The molecule has 0 aliphatic carbocycles. The highest BCUT2D eigenvalue weighted by molar-refractivity contribution is 6.33. The standard InChI is InChI=1S/C29H22ClNO3/c30-26-15-14-23(16-25(26)21-12-10-20(11-13-21)19-6-2-1-3-7-19)28(32)31-18-24-9-5-4-8-22(24)17-27(31)29(33)34/h1-16,27H,17-18H2,(H,33,34). The highest BCUT2D eigenvalue weighted by Gasteiger charge is 2.35. The van der Waals surface area contributed by atoms with Crippen molar-refractivity contribution in [1.29, 1.82) is 0 Å². The normalized spacial score (nSPS) is 15.0. The second kappa shape index (κ2) is 9.16. The summed E-state index contributed by atoms with van der Waals surface area (Å²) in [7, 11) is 0. The lowest BCUT2D eigenvalue weighted by molar-refractivity contribution is -0.142. The zero-order valence-corrected chi connectivity index (χ0v) is 19.1. The van der Waals surface area contributed by atoms with Crippen LogP contribution >= 0.6 is 11.6 Å². The largest absolute Gasteiger partial charge is 0.480 e. The van der Waals surface area contributed by atoms with Crippen molar-refractivity contribution in [1.82, 2.24) is 4.90 Å². The Morgan fingerprint density at radius 3 is 2.09 bits per heavy atom. The van der Waals surface area contributed by atoms with Gasteiger partial charge in [-0.1, -0.05) is 90.5 Å². The highest BCUT2D eigenvalue weighted by atomic mass is 35.5. The number of halogens is 1. The Hall–Kier alpha value is -3.89. The molecule has 0 fully saturated rings. The molecule has 1 amide bonds. The first kappa shape index (κ1) is 21.9. The van der Waals surface area contributed by atoms with E-state index in [9.17, 15) is 14.7 Å². The molecule has 4 aromatic carbocycles. The SMILES string of the molecule is O=C(O)C1Cc2ccccc2CN1C(=O)c1ccc(Cl)c(-c2ccc(-c3ccccc3)cc2)c1. The number of carboxylic acid groups (broad SMARTS) is 1. The number of hydrogen-bond acceptors (Lipinski definition) is 2. The Morgan fingerprint density at radius 2 is 1.38 bits per heavy atom. The van der Waals surface area contributed by atoms with E-state index in [1.807, 2.05) is 66.7 Å². The molecule has 0 saturated carbocycles. The van der Waals surface area contributed by atoms with Crippen LogP contribution in [0, 0.1) is 0 Å². The zero-order valence-electron chi connectivity index (χ0n) is 18.3. The van der Waals surface area contributed by atoms with Crippen LogP contribution in [0.15, 0.2) is 97.1 Å². The van der Waals surface area contributed by atoms with Crippen LogP contribution in [0.4, 0.5) is 0 Å². The quantitative estimate of drug-likeness (QED) is 0.381. The van der Waals surface area contributed by atoms with Gasteiger partial charge in [0.2, 0.25) is 0 Å². The van der Waals surface area contributed by atoms with Gasteiger partial charge in [0.1, 0.15) is 6.04 Å². The molecule has 1 N–H and O–H groups in total. The molecule has 1 atom stereocenters. The molecule has 0 saturated heterocycles. The molecule has 1 unspecified atom stereocenters. The summed E-state index contributed by atoms with van der Waals surface area (Å²) in [4.78, 5) is 26.9. The first-order chi connectivity index (χ1) is 16.5. The van der Waals surface area contributed by atoms with Crippen molar-refractivity contribution < 1.29 is 14.7 Å². The van der Waals surface area contributed by atoms with E-state index in [2.05, 4.69) is 12.1 Å². The summed E-state index contributed by atoms with van der Waals surface area (Å²) in [6, 6.07) is 30.0. The van der Waals surface area contributed by atoms with Crippen LogP contribution in [0.5, 0.6) is 0 Å². The molecule has 5 heteroatoms. The van der Waals surface area contributed by atoms with Gasteiger partial charge in [-0.25, -0.2) is 4.79 Å². The fraction of sp³-hybridized carbons (Fsp3) is 0.103. The lowest BCUT2D eigenvalue weighted by Crippen LogP contribution is -2.48. The maximum atomic E-state index is 13.5. The summed E-state index contributed by atoms with van der Waals surface area (Å²) in [5, 5.41) is 10.3. The summed E-state index contributed by atoms with van der Waals surface area (Å²) >= 11 is 6.51. The van der Waals surface area contributed by atoms with E-state index in [-0.39, 0.29) is 12.5 Å². The highest BCUT2D eigenvalue weighted by Crippen LogP contribution is 2.32. The summed E-state index contributed by atoms with van der Waals surface area (Å²) in [5.74, 6) is -1.32. The maximum absolute atomic E-state index is 13.5. The number of carboxylic acids is 1. The topological polar surface area (TPSA) is 57.6 Å². The average Bonchev–Trinajstić information content (AvgIpc) is 2.88. The van der Waals surface area contributed by atoms with Crippen LogP contribution in [0.2, 0.25) is 5.02 Å². The van der Waals surface area contributed by atoms with Crippen molar-refractivity contribution in [2.24, 2.45) is 0 Å². The van der Waals surface area contributed by atoms with E-state index >= 15 is 0 Å². The van der Waals surface area contributed by atoms with Crippen LogP contribution in [0.3, 0.4) is 0 Å². The predicted molar refractivity (Wildman–Crippen MR) is 134 cm³/mol. The minimum absolute atomic E-state index is 0.260. The van der Waals surface area contributed by atoms with Crippen LogP contribution in [0.1, 0.15) is 21.5 Å². The van der Waals surface area contributed by atoms with Crippen molar-refractivity contribution in [2.75, 3.05) is 0 Å². The molecule has 1 heterocycles. The zero-order chi connectivity index (χ0) is 23.7. The number of carbonyl (C=O) groups is 2. The first-order valence-corrected chi connectivity index (χ1v) is 11.4. The minimum atomic E-state index is -1.01. The average molecular weight is 468 g/mol. The molecule has 0 bridgehead atoms. The Bertz CT molecular complexity index is 1370. The van der Waals surface area contributed by atoms with Crippen LogP contribution in [-0.4, -0.2) is 27.9 Å². The number of nitrogens with zero attached hydrogens (tertiary/aromatic N) is 1. The molecule has 4 aromatic rings. The number of amides is 1. The smallest absolute Gasteiger partial charge is 0.326 e. The van der Waals surface area contributed by atoms with Crippen LogP contribution < -0.4 is 0 Å². The molecule has 34 heavy (non-hydrogen) atoms. The number of hydrogen-bond donors (Lipinski definition) is 1. The molecule has 5 rings (SSSR count). The van der Waals surface area contributed by atoms with Gasteiger partial charge in [0.15, 0.2) is 0 Å². The van der Waals surface area contributed by atoms with E-state index in [1.165, 1.54) is 4.90 Å².